The number of ketones is 1. The van der Waals surface area contributed by atoms with Crippen molar-refractivity contribution in [2.75, 3.05) is 0 Å². The van der Waals surface area contributed by atoms with Crippen LogP contribution in [-0.4, -0.2) is 28.8 Å². The maximum Gasteiger partial charge on any atom is 0.437 e. The van der Waals surface area contributed by atoms with Gasteiger partial charge in [-0.05, 0) is 24.6 Å². The van der Waals surface area contributed by atoms with Gasteiger partial charge < -0.3 is 15.7 Å². The molecule has 0 bridgehead atoms. The number of alkyl halides is 3. The minimum Gasteiger partial charge on any atom is -0.363 e. The largest absolute Gasteiger partial charge is 0.437 e. The maximum absolute atomic E-state index is 13.2. The van der Waals surface area contributed by atoms with E-state index < -0.39 is 41.5 Å². The lowest BCUT2D eigenvalue weighted by atomic mass is 9.79. The molecule has 1 saturated heterocycles. The zero-order valence-electron chi connectivity index (χ0n) is 11.2. The number of benzene rings is 1. The SMILES string of the molecule is CC(=O)[C@@H]1[C@@H](c2ccc(F)cc2)NC(=O)N[C@]1(O)C(F)(F)F. The molecule has 0 unspecified atom stereocenters. The van der Waals surface area contributed by atoms with Crippen LogP contribution in [0.4, 0.5) is 22.4 Å². The molecule has 2 rings (SSSR count). The summed E-state index contributed by atoms with van der Waals surface area (Å²) in [6.07, 6.45) is -5.26. The molecule has 0 spiro atoms. The summed E-state index contributed by atoms with van der Waals surface area (Å²) in [4.78, 5) is 23.2. The number of urea groups is 1. The first-order valence-corrected chi connectivity index (χ1v) is 6.20. The van der Waals surface area contributed by atoms with Gasteiger partial charge in [0.1, 0.15) is 11.6 Å². The summed E-state index contributed by atoms with van der Waals surface area (Å²) < 4.78 is 52.4. The second-order valence-corrected chi connectivity index (χ2v) is 4.98. The van der Waals surface area contributed by atoms with E-state index in [1.165, 1.54) is 5.32 Å². The fraction of sp³-hybridized carbons (Fsp3) is 0.385. The van der Waals surface area contributed by atoms with Gasteiger partial charge in [-0.2, -0.15) is 13.2 Å². The Hall–Kier alpha value is -2.16. The number of nitrogens with one attached hydrogen (secondary N) is 2. The number of aliphatic hydroxyl groups is 1. The average Bonchev–Trinajstić information content (AvgIpc) is 2.36. The Morgan fingerprint density at radius 2 is 1.82 bits per heavy atom. The molecule has 1 aliphatic rings. The third-order valence-electron chi connectivity index (χ3n) is 3.47. The summed E-state index contributed by atoms with van der Waals surface area (Å²) in [5, 5.41) is 13.4. The maximum atomic E-state index is 13.2. The minimum absolute atomic E-state index is 0.0686. The molecular weight excluding hydrogens is 308 g/mol. The molecular formula is C13H12F4N2O3. The first-order chi connectivity index (χ1) is 10.1. The highest BCUT2D eigenvalue weighted by Gasteiger charge is 2.65. The predicted molar refractivity (Wildman–Crippen MR) is 66.0 cm³/mol. The van der Waals surface area contributed by atoms with Crippen molar-refractivity contribution in [3.05, 3.63) is 35.6 Å². The highest BCUT2D eigenvalue weighted by molar-refractivity contribution is 5.86. The van der Waals surface area contributed by atoms with Crippen molar-refractivity contribution < 1.29 is 32.3 Å². The molecule has 0 aromatic heterocycles. The number of rotatable bonds is 2. The summed E-state index contributed by atoms with van der Waals surface area (Å²) in [6.45, 7) is 0.872. The van der Waals surface area contributed by atoms with Crippen molar-refractivity contribution in [2.24, 2.45) is 5.92 Å². The Morgan fingerprint density at radius 3 is 2.27 bits per heavy atom. The summed E-state index contributed by atoms with van der Waals surface area (Å²) >= 11 is 0. The van der Waals surface area contributed by atoms with Crippen LogP contribution in [0.5, 0.6) is 0 Å². The van der Waals surface area contributed by atoms with Gasteiger partial charge in [0.25, 0.3) is 0 Å². The van der Waals surface area contributed by atoms with Gasteiger partial charge in [0.2, 0.25) is 5.72 Å². The van der Waals surface area contributed by atoms with Gasteiger partial charge in [-0.1, -0.05) is 12.1 Å². The van der Waals surface area contributed by atoms with E-state index in [1.807, 2.05) is 0 Å². The van der Waals surface area contributed by atoms with Crippen LogP contribution >= 0.6 is 0 Å². The molecule has 120 valence electrons. The molecule has 3 atom stereocenters. The Balaban J connectivity index is 2.54. The number of Topliss-reactive ketones (excluding diaryl/α,β-unsaturated/α-hetero) is 1. The highest BCUT2D eigenvalue weighted by atomic mass is 19.4. The van der Waals surface area contributed by atoms with E-state index in [2.05, 4.69) is 5.32 Å². The monoisotopic (exact) mass is 320 g/mol. The molecule has 3 N–H and O–H groups in total. The van der Waals surface area contributed by atoms with Crippen LogP contribution in [-0.2, 0) is 4.79 Å². The van der Waals surface area contributed by atoms with E-state index in [0.717, 1.165) is 31.2 Å². The highest BCUT2D eigenvalue weighted by Crippen LogP contribution is 2.42. The second-order valence-electron chi connectivity index (χ2n) is 4.98. The molecule has 5 nitrogen and oxygen atoms in total. The lowest BCUT2D eigenvalue weighted by Crippen LogP contribution is -2.72. The summed E-state index contributed by atoms with van der Waals surface area (Å²) in [6, 6.07) is 1.50. The fourth-order valence-electron chi connectivity index (χ4n) is 2.47. The van der Waals surface area contributed by atoms with Gasteiger partial charge in [-0.3, -0.25) is 4.79 Å². The number of amides is 2. The van der Waals surface area contributed by atoms with Crippen LogP contribution in [0.15, 0.2) is 24.3 Å². The normalized spacial score (nSPS) is 28.7. The Bertz CT molecular complexity index is 602. The lowest BCUT2D eigenvalue weighted by Gasteiger charge is -2.44. The van der Waals surface area contributed by atoms with Crippen LogP contribution < -0.4 is 10.6 Å². The van der Waals surface area contributed by atoms with E-state index >= 15 is 0 Å². The number of carbonyl (C=O) groups excluding carboxylic acids is 2. The van der Waals surface area contributed by atoms with Crippen molar-refractivity contribution in [3.8, 4) is 0 Å². The third-order valence-corrected chi connectivity index (χ3v) is 3.47. The van der Waals surface area contributed by atoms with Crippen molar-refractivity contribution >= 4 is 11.8 Å². The van der Waals surface area contributed by atoms with Crippen LogP contribution in [0, 0.1) is 11.7 Å². The molecule has 1 aromatic carbocycles. The van der Waals surface area contributed by atoms with Gasteiger partial charge >= 0.3 is 12.2 Å². The van der Waals surface area contributed by atoms with Crippen LogP contribution in [0.2, 0.25) is 0 Å². The van der Waals surface area contributed by atoms with Crippen molar-refractivity contribution in [1.82, 2.24) is 10.6 Å². The standard InChI is InChI=1S/C13H12F4N2O3/c1-6(20)9-10(7-2-4-8(14)5-3-7)18-11(21)19-12(9,22)13(15,16)17/h2-5,9-10,22H,1H3,(H2,18,19,21)/t9-,10-,12-/m1/s1. The Morgan fingerprint density at radius 1 is 1.27 bits per heavy atom. The molecule has 2 amide bonds. The lowest BCUT2D eigenvalue weighted by molar-refractivity contribution is -0.290. The quantitative estimate of drug-likeness (QED) is 0.725. The zero-order valence-corrected chi connectivity index (χ0v) is 11.2. The topological polar surface area (TPSA) is 78.4 Å². The summed E-state index contributed by atoms with van der Waals surface area (Å²) in [5.41, 5.74) is -3.64. The Kier molecular flexibility index (Phi) is 3.86. The fourth-order valence-corrected chi connectivity index (χ4v) is 2.47. The third kappa shape index (κ3) is 2.63. The van der Waals surface area contributed by atoms with Crippen molar-refractivity contribution in [3.63, 3.8) is 0 Å². The van der Waals surface area contributed by atoms with E-state index in [0.29, 0.717) is 0 Å². The van der Waals surface area contributed by atoms with Crippen molar-refractivity contribution in [2.45, 2.75) is 24.9 Å². The number of halogens is 4. The van der Waals surface area contributed by atoms with E-state index in [4.69, 9.17) is 0 Å². The molecule has 0 radical (unpaired) electrons. The minimum atomic E-state index is -5.26. The van der Waals surface area contributed by atoms with Gasteiger partial charge in [0.15, 0.2) is 0 Å². The molecule has 1 aliphatic heterocycles. The number of hydrogen-bond acceptors (Lipinski definition) is 3. The van der Waals surface area contributed by atoms with Crippen LogP contribution in [0.25, 0.3) is 0 Å². The number of hydrogen-bond donors (Lipinski definition) is 3. The van der Waals surface area contributed by atoms with Gasteiger partial charge in [-0.25, -0.2) is 9.18 Å². The second kappa shape index (κ2) is 5.24. The molecule has 1 fully saturated rings. The Labute approximate surface area is 122 Å². The van der Waals surface area contributed by atoms with E-state index in [9.17, 15) is 32.3 Å². The van der Waals surface area contributed by atoms with Gasteiger partial charge in [0.05, 0.1) is 12.0 Å². The summed E-state index contributed by atoms with van der Waals surface area (Å²) in [7, 11) is 0. The molecule has 22 heavy (non-hydrogen) atoms. The van der Waals surface area contributed by atoms with E-state index in [-0.39, 0.29) is 5.56 Å². The molecule has 0 saturated carbocycles. The average molecular weight is 320 g/mol. The summed E-state index contributed by atoms with van der Waals surface area (Å²) in [5.74, 6) is -3.63. The molecule has 0 aliphatic carbocycles. The molecule has 1 heterocycles. The predicted octanol–water partition coefficient (Wildman–Crippen LogP) is 1.64. The molecule has 9 heteroatoms. The van der Waals surface area contributed by atoms with Crippen LogP contribution in [0.1, 0.15) is 18.5 Å². The van der Waals surface area contributed by atoms with E-state index in [1.54, 1.807) is 0 Å². The van der Waals surface area contributed by atoms with Crippen molar-refractivity contribution in [1.29, 1.82) is 0 Å². The smallest absolute Gasteiger partial charge is 0.363 e. The van der Waals surface area contributed by atoms with Gasteiger partial charge in [0, 0.05) is 0 Å². The van der Waals surface area contributed by atoms with Gasteiger partial charge in [-0.15, -0.1) is 0 Å². The zero-order chi connectivity index (χ0) is 16.7. The first-order valence-electron chi connectivity index (χ1n) is 6.20. The first kappa shape index (κ1) is 16.2. The number of carbonyl (C=O) groups is 2. The van der Waals surface area contributed by atoms with Crippen LogP contribution in [0.3, 0.4) is 0 Å². The molecule has 1 aromatic rings.